The summed E-state index contributed by atoms with van der Waals surface area (Å²) >= 11 is 7.46. The van der Waals surface area contributed by atoms with Gasteiger partial charge in [0.25, 0.3) is 0 Å². The molecule has 4 nitrogen and oxygen atoms in total. The van der Waals surface area contributed by atoms with E-state index in [0.717, 1.165) is 16.2 Å². The Labute approximate surface area is 132 Å². The van der Waals surface area contributed by atoms with Crippen LogP contribution in [0.15, 0.2) is 64.6 Å². The molecule has 0 bridgehead atoms. The van der Waals surface area contributed by atoms with Crippen LogP contribution in [0, 0.1) is 0 Å². The molecule has 0 aromatic heterocycles. The van der Waals surface area contributed by atoms with E-state index < -0.39 is 6.03 Å². The van der Waals surface area contributed by atoms with Gasteiger partial charge in [0.2, 0.25) is 0 Å². The van der Waals surface area contributed by atoms with Crippen molar-refractivity contribution in [1.82, 2.24) is 5.43 Å². The van der Waals surface area contributed by atoms with Gasteiger partial charge in [-0.15, -0.1) is 11.8 Å². The molecule has 2 aromatic carbocycles. The molecule has 2 rings (SSSR count). The van der Waals surface area contributed by atoms with Crippen LogP contribution < -0.4 is 11.2 Å². The Hall–Kier alpha value is -1.98. The normalized spacial score (nSPS) is 11.2. The fourth-order valence-corrected chi connectivity index (χ4v) is 2.60. The Morgan fingerprint density at radius 2 is 1.81 bits per heavy atom. The van der Waals surface area contributed by atoms with Crippen molar-refractivity contribution in [3.63, 3.8) is 0 Å². The number of amides is 2. The van der Waals surface area contributed by atoms with Crippen molar-refractivity contribution in [1.29, 1.82) is 0 Å². The smallest absolute Gasteiger partial charge is 0.332 e. The summed E-state index contributed by atoms with van der Waals surface area (Å²) < 4.78 is 0. The van der Waals surface area contributed by atoms with Crippen LogP contribution in [-0.4, -0.2) is 17.5 Å². The predicted molar refractivity (Wildman–Crippen MR) is 87.9 cm³/mol. The number of urea groups is 1. The van der Waals surface area contributed by atoms with Crippen molar-refractivity contribution in [3.05, 3.63) is 65.2 Å². The highest BCUT2D eigenvalue weighted by Gasteiger charge is 2.05. The van der Waals surface area contributed by atoms with Crippen molar-refractivity contribution in [3.8, 4) is 0 Å². The van der Waals surface area contributed by atoms with Gasteiger partial charge in [-0.3, -0.25) is 0 Å². The van der Waals surface area contributed by atoms with Crippen molar-refractivity contribution in [2.45, 2.75) is 4.90 Å². The van der Waals surface area contributed by atoms with Gasteiger partial charge in [-0.1, -0.05) is 41.9 Å². The van der Waals surface area contributed by atoms with Crippen LogP contribution in [0.4, 0.5) is 4.79 Å². The van der Waals surface area contributed by atoms with Gasteiger partial charge >= 0.3 is 6.03 Å². The third kappa shape index (κ3) is 5.13. The number of rotatable bonds is 5. The molecule has 0 aliphatic carbocycles. The molecule has 0 saturated carbocycles. The number of nitrogens with one attached hydrogen (secondary N) is 1. The number of carbonyl (C=O) groups is 1. The number of benzene rings is 2. The molecule has 6 heteroatoms. The van der Waals surface area contributed by atoms with Gasteiger partial charge in [-0.2, -0.15) is 5.10 Å². The highest BCUT2D eigenvalue weighted by molar-refractivity contribution is 8.00. The third-order valence-corrected chi connectivity index (χ3v) is 3.87. The van der Waals surface area contributed by atoms with E-state index in [1.165, 1.54) is 0 Å². The number of primary amides is 1. The molecule has 21 heavy (non-hydrogen) atoms. The fraction of sp³-hybridized carbons (Fsp3) is 0.0667. The van der Waals surface area contributed by atoms with Crippen LogP contribution in [0.3, 0.4) is 0 Å². The Bertz CT molecular complexity index is 629. The molecule has 2 aromatic rings. The molecule has 0 spiro atoms. The van der Waals surface area contributed by atoms with E-state index in [1.807, 2.05) is 54.6 Å². The number of hydrazone groups is 1. The summed E-state index contributed by atoms with van der Waals surface area (Å²) in [4.78, 5) is 11.9. The van der Waals surface area contributed by atoms with Gasteiger partial charge in [0.1, 0.15) is 0 Å². The topological polar surface area (TPSA) is 67.5 Å². The van der Waals surface area contributed by atoms with E-state index in [-0.39, 0.29) is 0 Å². The first kappa shape index (κ1) is 15.4. The predicted octanol–water partition coefficient (Wildman–Crippen LogP) is 3.50. The van der Waals surface area contributed by atoms with Crippen molar-refractivity contribution in [2.75, 3.05) is 5.75 Å². The maximum atomic E-state index is 10.8. The second kappa shape index (κ2) is 7.71. The number of hydrogen-bond acceptors (Lipinski definition) is 3. The number of carbonyl (C=O) groups excluding carboxylic acids is 1. The number of nitrogens with zero attached hydrogens (tertiary/aromatic N) is 1. The molecule has 0 aliphatic heterocycles. The summed E-state index contributed by atoms with van der Waals surface area (Å²) in [6.07, 6.45) is 0. The molecular weight excluding hydrogens is 306 g/mol. The minimum absolute atomic E-state index is 0.603. The zero-order chi connectivity index (χ0) is 15.1. The zero-order valence-electron chi connectivity index (χ0n) is 11.1. The monoisotopic (exact) mass is 319 g/mol. The molecule has 0 fully saturated rings. The fourth-order valence-electron chi connectivity index (χ4n) is 1.62. The molecule has 0 heterocycles. The summed E-state index contributed by atoms with van der Waals surface area (Å²) in [7, 11) is 0. The lowest BCUT2D eigenvalue weighted by Crippen LogP contribution is -2.26. The van der Waals surface area contributed by atoms with Gasteiger partial charge in [0.05, 0.1) is 5.71 Å². The summed E-state index contributed by atoms with van der Waals surface area (Å²) in [6, 6.07) is 16.5. The lowest BCUT2D eigenvalue weighted by Gasteiger charge is -2.07. The second-order valence-corrected chi connectivity index (χ2v) is 5.63. The molecule has 0 atom stereocenters. The van der Waals surface area contributed by atoms with E-state index in [4.69, 9.17) is 17.3 Å². The van der Waals surface area contributed by atoms with E-state index in [0.29, 0.717) is 10.8 Å². The van der Waals surface area contributed by atoms with Crippen LogP contribution >= 0.6 is 23.4 Å². The van der Waals surface area contributed by atoms with Crippen LogP contribution in [0.1, 0.15) is 5.56 Å². The minimum Gasteiger partial charge on any atom is -0.350 e. The number of thioether (sulfide) groups is 1. The average molecular weight is 320 g/mol. The number of halogens is 1. The van der Waals surface area contributed by atoms with Crippen molar-refractivity contribution < 1.29 is 4.79 Å². The van der Waals surface area contributed by atoms with E-state index in [1.54, 1.807) is 11.8 Å². The lowest BCUT2D eigenvalue weighted by atomic mass is 10.1. The van der Waals surface area contributed by atoms with E-state index in [2.05, 4.69) is 10.5 Å². The average Bonchev–Trinajstić information content (AvgIpc) is 2.50. The summed E-state index contributed by atoms with van der Waals surface area (Å²) in [5, 5.41) is 4.77. The molecule has 0 unspecified atom stereocenters. The highest BCUT2D eigenvalue weighted by Crippen LogP contribution is 2.21. The quantitative estimate of drug-likeness (QED) is 0.503. The third-order valence-electron chi connectivity index (χ3n) is 2.60. The van der Waals surface area contributed by atoms with Crippen molar-refractivity contribution >= 4 is 35.1 Å². The molecule has 2 amide bonds. The van der Waals surface area contributed by atoms with Gasteiger partial charge in [-0.25, -0.2) is 10.2 Å². The first-order valence-electron chi connectivity index (χ1n) is 6.21. The van der Waals surface area contributed by atoms with Gasteiger partial charge in [0.15, 0.2) is 0 Å². The maximum Gasteiger partial charge on any atom is 0.332 e. The van der Waals surface area contributed by atoms with Crippen molar-refractivity contribution in [2.24, 2.45) is 10.8 Å². The van der Waals surface area contributed by atoms with Gasteiger partial charge in [-0.05, 0) is 29.8 Å². The SMILES string of the molecule is NC(=O)N/N=C(/CSc1ccc(Cl)cc1)c1ccccc1. The summed E-state index contributed by atoms with van der Waals surface area (Å²) in [5.74, 6) is 0.603. The zero-order valence-corrected chi connectivity index (χ0v) is 12.7. The first-order valence-corrected chi connectivity index (χ1v) is 7.57. The Kier molecular flexibility index (Phi) is 5.66. The van der Waals surface area contributed by atoms with E-state index in [9.17, 15) is 4.79 Å². The molecular formula is C15H14ClN3OS. The second-order valence-electron chi connectivity index (χ2n) is 4.14. The Morgan fingerprint density at radius 3 is 2.43 bits per heavy atom. The van der Waals surface area contributed by atoms with Crippen LogP contribution in [0.25, 0.3) is 0 Å². The van der Waals surface area contributed by atoms with Gasteiger partial charge < -0.3 is 5.73 Å². The highest BCUT2D eigenvalue weighted by atomic mass is 35.5. The van der Waals surface area contributed by atoms with Crippen LogP contribution in [0.5, 0.6) is 0 Å². The summed E-state index contributed by atoms with van der Waals surface area (Å²) in [5.41, 5.74) is 9.03. The van der Waals surface area contributed by atoms with Crippen LogP contribution in [0.2, 0.25) is 5.02 Å². The largest absolute Gasteiger partial charge is 0.350 e. The Balaban J connectivity index is 2.11. The Morgan fingerprint density at radius 1 is 1.14 bits per heavy atom. The van der Waals surface area contributed by atoms with Crippen LogP contribution in [-0.2, 0) is 0 Å². The first-order chi connectivity index (χ1) is 10.1. The van der Waals surface area contributed by atoms with Gasteiger partial charge in [0, 0.05) is 15.7 Å². The van der Waals surface area contributed by atoms with E-state index >= 15 is 0 Å². The molecule has 0 radical (unpaired) electrons. The molecule has 0 saturated heterocycles. The molecule has 3 N–H and O–H groups in total. The minimum atomic E-state index is -0.681. The molecule has 108 valence electrons. The maximum absolute atomic E-state index is 10.8. The number of nitrogens with two attached hydrogens (primary N) is 1. The summed E-state index contributed by atoms with van der Waals surface area (Å²) in [6.45, 7) is 0. The lowest BCUT2D eigenvalue weighted by molar-refractivity contribution is 0.249. The number of hydrogen-bond donors (Lipinski definition) is 2. The molecule has 0 aliphatic rings. The standard InChI is InChI=1S/C15H14ClN3OS/c16-12-6-8-13(9-7-12)21-10-14(18-19-15(17)20)11-4-2-1-3-5-11/h1-9H,10H2,(H3,17,19,20)/b18-14-.